The number of halogens is 3. The van der Waals surface area contributed by atoms with Crippen LogP contribution in [0.2, 0.25) is 0 Å². The minimum Gasteiger partial charge on any atom is -0.480 e. The lowest BCUT2D eigenvalue weighted by Crippen LogP contribution is -2.42. The highest BCUT2D eigenvalue weighted by Crippen LogP contribution is 2.29. The third-order valence-corrected chi connectivity index (χ3v) is 8.22. The van der Waals surface area contributed by atoms with Gasteiger partial charge in [-0.05, 0) is 54.4 Å². The lowest BCUT2D eigenvalue weighted by molar-refractivity contribution is -0.139. The number of carboxylic acid groups (broad SMARTS) is 1. The second-order valence-corrected chi connectivity index (χ2v) is 10.9. The van der Waals surface area contributed by atoms with Gasteiger partial charge in [0.25, 0.3) is 0 Å². The number of nitrogens with zero attached hydrogens (tertiary/aromatic N) is 1. The molecule has 2 aromatic carbocycles. The van der Waals surface area contributed by atoms with Crippen molar-refractivity contribution in [3.05, 3.63) is 82.5 Å². The van der Waals surface area contributed by atoms with Gasteiger partial charge in [0.2, 0.25) is 0 Å². The van der Waals surface area contributed by atoms with E-state index in [1.165, 1.54) is 18.2 Å². The molecule has 4 rings (SSSR count). The Labute approximate surface area is 203 Å². The van der Waals surface area contributed by atoms with Crippen LogP contribution in [-0.2, 0) is 27.1 Å². The number of aromatic amines is 1. The maximum absolute atomic E-state index is 13.2. The van der Waals surface area contributed by atoms with Crippen molar-refractivity contribution in [1.29, 1.82) is 0 Å². The molecule has 2 aromatic heterocycles. The number of H-pyrrole nitrogens is 1. The summed E-state index contributed by atoms with van der Waals surface area (Å²) in [7, 11) is -3.19. The van der Waals surface area contributed by atoms with Crippen LogP contribution in [0.5, 0.6) is 0 Å². The van der Waals surface area contributed by atoms with Gasteiger partial charge in [-0.2, -0.15) is 13.2 Å². The molecule has 0 radical (unpaired) electrons. The number of benzene rings is 2. The summed E-state index contributed by atoms with van der Waals surface area (Å²) < 4.78 is 54.2. The summed E-state index contributed by atoms with van der Waals surface area (Å²) in [6, 6.07) is 13.6. The van der Waals surface area contributed by atoms with Crippen molar-refractivity contribution in [2.45, 2.75) is 22.8 Å². The molecule has 3 N–H and O–H groups in total. The molecule has 0 bridgehead atoms. The molecule has 0 saturated heterocycles. The predicted molar refractivity (Wildman–Crippen MR) is 130 cm³/mol. The third kappa shape index (κ3) is 5.92. The minimum atomic E-state index is -4.42. The first-order valence-electron chi connectivity index (χ1n) is 10.1. The van der Waals surface area contributed by atoms with E-state index < -0.39 is 33.5 Å². The maximum Gasteiger partial charge on any atom is 0.416 e. The van der Waals surface area contributed by atoms with Crippen LogP contribution >= 0.6 is 11.3 Å². The van der Waals surface area contributed by atoms with Crippen LogP contribution in [0.15, 0.2) is 64.9 Å². The molecule has 35 heavy (non-hydrogen) atoms. The normalized spacial score (nSPS) is 14.1. The molecule has 6 nitrogen and oxygen atoms in total. The average molecular weight is 518 g/mol. The zero-order chi connectivity index (χ0) is 25.2. The number of hydrogen-bond donors (Lipinski definition) is 3. The monoisotopic (exact) mass is 517 g/mol. The van der Waals surface area contributed by atoms with Crippen LogP contribution in [0.25, 0.3) is 11.0 Å². The van der Waals surface area contributed by atoms with E-state index in [1.54, 1.807) is 12.1 Å². The highest BCUT2D eigenvalue weighted by Gasteiger charge is 2.30. The first kappa shape index (κ1) is 24.5. The number of thiophene rings is 1. The zero-order valence-corrected chi connectivity index (χ0v) is 19.6. The highest BCUT2D eigenvalue weighted by atomic mass is 32.2. The molecule has 0 amide bonds. The van der Waals surface area contributed by atoms with Gasteiger partial charge in [0.05, 0.1) is 35.4 Å². The van der Waals surface area contributed by atoms with Crippen LogP contribution in [0.4, 0.5) is 13.2 Å². The standard InChI is InChI=1S/C24H18F3N3O3S2/c1-35(33,30-20(23(31)32)14-21-28-18-4-2-3-5-19(18)29-21)22-13-12-17(34-22)11-8-15-6-9-16(10-7-15)24(25,26)27/h2-7,9-10,12-13,20H,1,14H2,(H,28,29)(H,30,33)(H,31,32)/t20-,35?/m1/s1. The summed E-state index contributed by atoms with van der Waals surface area (Å²) in [4.78, 5) is 19.7. The van der Waals surface area contributed by atoms with Crippen LogP contribution in [-0.4, -0.2) is 37.2 Å². The van der Waals surface area contributed by atoms with Gasteiger partial charge in [0.1, 0.15) is 11.9 Å². The summed E-state index contributed by atoms with van der Waals surface area (Å²) >= 11 is 1.06. The Hall–Kier alpha value is -3.59. The molecule has 2 atom stereocenters. The van der Waals surface area contributed by atoms with Crippen molar-refractivity contribution in [3.63, 3.8) is 0 Å². The Morgan fingerprint density at radius 2 is 1.86 bits per heavy atom. The quantitative estimate of drug-likeness (QED) is 0.262. The van der Waals surface area contributed by atoms with E-state index in [9.17, 15) is 27.3 Å². The van der Waals surface area contributed by atoms with E-state index >= 15 is 0 Å². The number of nitrogens with one attached hydrogen (secondary N) is 2. The summed E-state index contributed by atoms with van der Waals surface area (Å²) in [5.74, 6) is 8.49. The van der Waals surface area contributed by atoms with E-state index in [4.69, 9.17) is 0 Å². The largest absolute Gasteiger partial charge is 0.480 e. The second-order valence-electron chi connectivity index (χ2n) is 7.53. The van der Waals surface area contributed by atoms with Gasteiger partial charge in [-0.15, -0.1) is 11.3 Å². The van der Waals surface area contributed by atoms with Gasteiger partial charge in [-0.3, -0.25) is 4.79 Å². The van der Waals surface area contributed by atoms with Gasteiger partial charge in [-0.1, -0.05) is 24.0 Å². The fourth-order valence-electron chi connectivity index (χ4n) is 3.20. The molecule has 0 fully saturated rings. The number of fused-ring (bicyclic) bond motifs is 1. The third-order valence-electron chi connectivity index (χ3n) is 4.92. The van der Waals surface area contributed by atoms with Crippen molar-refractivity contribution >= 4 is 43.9 Å². The van der Waals surface area contributed by atoms with Crippen molar-refractivity contribution < 1.29 is 27.3 Å². The smallest absolute Gasteiger partial charge is 0.416 e. The fourth-order valence-corrected chi connectivity index (χ4v) is 5.79. The Kier molecular flexibility index (Phi) is 6.71. The summed E-state index contributed by atoms with van der Waals surface area (Å²) in [6.45, 7) is 0. The maximum atomic E-state index is 13.2. The molecule has 180 valence electrons. The van der Waals surface area contributed by atoms with Crippen LogP contribution in [0.3, 0.4) is 0 Å². The minimum absolute atomic E-state index is 0.0392. The van der Waals surface area contributed by atoms with E-state index in [0.717, 1.165) is 29.0 Å². The number of carboxylic acids is 1. The second kappa shape index (κ2) is 9.58. The van der Waals surface area contributed by atoms with Crippen LogP contribution < -0.4 is 4.72 Å². The number of aliphatic carboxylic acids is 1. The number of para-hydroxylation sites is 2. The Morgan fingerprint density at radius 3 is 2.51 bits per heavy atom. The fraction of sp³-hybridized carbons (Fsp3) is 0.125. The highest BCUT2D eigenvalue weighted by molar-refractivity contribution is 8.00. The Bertz CT molecular complexity index is 1510. The first-order valence-corrected chi connectivity index (χ1v) is 12.7. The van der Waals surface area contributed by atoms with Gasteiger partial charge in [-0.25, -0.2) is 13.9 Å². The lowest BCUT2D eigenvalue weighted by atomic mass is 10.1. The number of hydrogen-bond acceptors (Lipinski definition) is 4. The Morgan fingerprint density at radius 1 is 1.14 bits per heavy atom. The number of aromatic nitrogens is 2. The molecule has 2 heterocycles. The topological polar surface area (TPSA) is 95.1 Å². The summed E-state index contributed by atoms with van der Waals surface area (Å²) in [5.41, 5.74) is 1.08. The van der Waals surface area contributed by atoms with Crippen LogP contribution in [0, 0.1) is 11.8 Å². The van der Waals surface area contributed by atoms with Crippen molar-refractivity contribution in [2.75, 3.05) is 0 Å². The van der Waals surface area contributed by atoms with Gasteiger partial charge < -0.3 is 10.1 Å². The Balaban J connectivity index is 1.48. The number of imidazole rings is 1. The molecule has 0 spiro atoms. The van der Waals surface area contributed by atoms with E-state index in [-0.39, 0.29) is 6.42 Å². The molecule has 0 aliphatic carbocycles. The van der Waals surface area contributed by atoms with Crippen LogP contribution in [0.1, 0.15) is 21.8 Å². The van der Waals surface area contributed by atoms with Crippen molar-refractivity contribution in [2.24, 2.45) is 0 Å². The molecule has 0 aliphatic heterocycles. The van der Waals surface area contributed by atoms with E-state index in [1.807, 2.05) is 18.2 Å². The number of rotatable bonds is 6. The van der Waals surface area contributed by atoms with E-state index in [2.05, 4.69) is 32.4 Å². The summed E-state index contributed by atoms with van der Waals surface area (Å²) in [6.07, 6.45) is -4.46. The van der Waals surface area contributed by atoms with Gasteiger partial charge in [0.15, 0.2) is 0 Å². The SMILES string of the molecule is C=S(=O)(N[C@H](Cc1nc2ccccc2[nH]1)C(=O)O)c1ccc(C#Cc2ccc(C(F)(F)F)cc2)s1. The molecule has 0 saturated carbocycles. The zero-order valence-electron chi connectivity index (χ0n) is 17.9. The van der Waals surface area contributed by atoms with Crippen molar-refractivity contribution in [1.82, 2.24) is 14.7 Å². The molecule has 1 unspecified atom stereocenters. The number of carbonyl (C=O) groups is 1. The molecule has 0 aliphatic rings. The van der Waals surface area contributed by atoms with Crippen molar-refractivity contribution in [3.8, 4) is 11.8 Å². The molecule has 4 aromatic rings. The predicted octanol–water partition coefficient (Wildman–Crippen LogP) is 4.32. The summed E-state index contributed by atoms with van der Waals surface area (Å²) in [5, 5.41) is 9.66. The molecular weight excluding hydrogens is 499 g/mol. The van der Waals surface area contributed by atoms with E-state index in [0.29, 0.717) is 26.0 Å². The molecular formula is C24H18F3N3O3S2. The first-order chi connectivity index (χ1) is 16.5. The average Bonchev–Trinajstić information content (AvgIpc) is 3.44. The lowest BCUT2D eigenvalue weighted by Gasteiger charge is -2.16. The number of alkyl halides is 3. The van der Waals surface area contributed by atoms with Gasteiger partial charge >= 0.3 is 12.1 Å². The van der Waals surface area contributed by atoms with Gasteiger partial charge in [0, 0.05) is 12.0 Å². The molecule has 11 heteroatoms.